The Morgan fingerprint density at radius 3 is 2.30 bits per heavy atom. The van der Waals surface area contributed by atoms with E-state index in [0.29, 0.717) is 48.2 Å². The summed E-state index contributed by atoms with van der Waals surface area (Å²) >= 11 is 1.17. The number of hydrogen-bond acceptors (Lipinski definition) is 5. The normalized spacial score (nSPS) is 16.1. The number of carbonyl (C=O) groups excluding carboxylic acids is 1. The van der Waals surface area contributed by atoms with Crippen molar-refractivity contribution in [1.29, 1.82) is 0 Å². The minimum absolute atomic E-state index is 0.00200. The zero-order valence-corrected chi connectivity index (χ0v) is 18.3. The van der Waals surface area contributed by atoms with Crippen LogP contribution in [0, 0.1) is 6.92 Å². The van der Waals surface area contributed by atoms with Crippen LogP contribution in [-0.2, 0) is 23.2 Å². The molecule has 2 heterocycles. The summed E-state index contributed by atoms with van der Waals surface area (Å²) in [7, 11) is -3.66. The highest BCUT2D eigenvalue weighted by Crippen LogP contribution is 2.33. The Balaban J connectivity index is 1.48. The fourth-order valence-corrected chi connectivity index (χ4v) is 6.29. The molecular formula is C22H23N3O3S2. The van der Waals surface area contributed by atoms with E-state index in [4.69, 9.17) is 0 Å². The molecule has 1 aromatic heterocycles. The monoisotopic (exact) mass is 441 g/mol. The maximum absolute atomic E-state index is 13.0. The quantitative estimate of drug-likeness (QED) is 0.523. The van der Waals surface area contributed by atoms with Crippen LogP contribution >= 0.6 is 11.3 Å². The molecule has 0 aliphatic carbocycles. The second-order valence-electron chi connectivity index (χ2n) is 7.22. The van der Waals surface area contributed by atoms with Gasteiger partial charge in [-0.2, -0.15) is 12.7 Å². The number of rotatable bonds is 7. The second kappa shape index (κ2) is 8.67. The number of anilines is 1. The molecule has 0 saturated carbocycles. The van der Waals surface area contributed by atoms with Crippen molar-refractivity contribution in [3.63, 3.8) is 0 Å². The zero-order chi connectivity index (χ0) is 21.1. The van der Waals surface area contributed by atoms with Crippen molar-refractivity contribution in [3.05, 3.63) is 82.4 Å². The van der Waals surface area contributed by atoms with Crippen LogP contribution in [0.4, 0.5) is 5.13 Å². The number of carbonyl (C=O) groups is 1. The van der Waals surface area contributed by atoms with E-state index >= 15 is 0 Å². The number of Topliss-reactive ketones (excluding diaryl/α,β-unsaturated/α-hetero) is 1. The fourth-order valence-electron chi connectivity index (χ4n) is 3.48. The topological polar surface area (TPSA) is 70.6 Å². The van der Waals surface area contributed by atoms with Crippen LogP contribution in [0.3, 0.4) is 0 Å². The van der Waals surface area contributed by atoms with Crippen LogP contribution in [0.15, 0.2) is 60.7 Å². The van der Waals surface area contributed by atoms with Crippen LogP contribution < -0.4 is 4.31 Å². The highest BCUT2D eigenvalue weighted by atomic mass is 32.2. The van der Waals surface area contributed by atoms with Crippen molar-refractivity contribution in [2.75, 3.05) is 17.4 Å². The van der Waals surface area contributed by atoms with Crippen LogP contribution in [0.1, 0.15) is 32.9 Å². The first kappa shape index (κ1) is 20.7. The number of aromatic nitrogens is 1. The van der Waals surface area contributed by atoms with Crippen molar-refractivity contribution in [2.24, 2.45) is 0 Å². The van der Waals surface area contributed by atoms with E-state index in [2.05, 4.69) is 4.98 Å². The first-order valence-corrected chi connectivity index (χ1v) is 12.0. The highest BCUT2D eigenvalue weighted by Gasteiger charge is 2.38. The third-order valence-electron chi connectivity index (χ3n) is 5.09. The van der Waals surface area contributed by atoms with E-state index in [0.717, 1.165) is 11.1 Å². The third-order valence-corrected chi connectivity index (χ3v) is 8.31. The Hall–Kier alpha value is -2.55. The lowest BCUT2D eigenvalue weighted by Crippen LogP contribution is -2.32. The van der Waals surface area contributed by atoms with Gasteiger partial charge in [0.2, 0.25) is 5.13 Å². The van der Waals surface area contributed by atoms with Gasteiger partial charge in [0.25, 0.3) is 0 Å². The van der Waals surface area contributed by atoms with Gasteiger partial charge in [0.15, 0.2) is 5.78 Å². The van der Waals surface area contributed by atoms with E-state index in [-0.39, 0.29) is 5.78 Å². The lowest BCUT2D eigenvalue weighted by atomic mass is 10.1. The minimum Gasteiger partial charge on any atom is -0.293 e. The Morgan fingerprint density at radius 1 is 1.00 bits per heavy atom. The van der Waals surface area contributed by atoms with Crippen molar-refractivity contribution >= 4 is 32.5 Å². The van der Waals surface area contributed by atoms with Gasteiger partial charge in [-0.3, -0.25) is 4.79 Å². The predicted molar refractivity (Wildman–Crippen MR) is 119 cm³/mol. The lowest BCUT2D eigenvalue weighted by molar-refractivity contribution is 0.0986. The summed E-state index contributed by atoms with van der Waals surface area (Å²) < 4.78 is 28.8. The smallest absolute Gasteiger partial charge is 0.293 e. The number of ketones is 1. The number of nitrogens with zero attached hydrogens (tertiary/aromatic N) is 3. The van der Waals surface area contributed by atoms with Gasteiger partial charge >= 0.3 is 10.2 Å². The first-order chi connectivity index (χ1) is 14.4. The predicted octanol–water partition coefficient (Wildman–Crippen LogP) is 3.83. The first-order valence-electron chi connectivity index (χ1n) is 9.81. The van der Waals surface area contributed by atoms with E-state index in [1.54, 1.807) is 6.92 Å². The molecule has 30 heavy (non-hydrogen) atoms. The second-order valence-corrected chi connectivity index (χ2v) is 10.0. The summed E-state index contributed by atoms with van der Waals surface area (Å²) in [6.45, 7) is 2.82. The van der Waals surface area contributed by atoms with E-state index < -0.39 is 10.2 Å². The van der Waals surface area contributed by atoms with Crippen molar-refractivity contribution in [2.45, 2.75) is 26.3 Å². The molecule has 0 spiro atoms. The molecule has 1 saturated heterocycles. The number of thiazole rings is 1. The van der Waals surface area contributed by atoms with E-state index in [1.165, 1.54) is 19.9 Å². The fraction of sp³-hybridized carbons (Fsp3) is 0.273. The zero-order valence-electron chi connectivity index (χ0n) is 16.7. The molecule has 2 aromatic carbocycles. The lowest BCUT2D eigenvalue weighted by Gasteiger charge is -2.17. The summed E-state index contributed by atoms with van der Waals surface area (Å²) in [6.07, 6.45) is 1.03. The van der Waals surface area contributed by atoms with Gasteiger partial charge in [-0.05, 0) is 24.5 Å². The SMILES string of the molecule is Cc1nc(N2CCN(Cc3ccccc3)S2(=O)=O)sc1C(=O)CCc1ccccc1. The molecule has 6 nitrogen and oxygen atoms in total. The summed E-state index contributed by atoms with van der Waals surface area (Å²) in [5.41, 5.74) is 2.63. The van der Waals surface area contributed by atoms with Crippen LogP contribution in [0.2, 0.25) is 0 Å². The molecule has 3 aromatic rings. The summed E-state index contributed by atoms with van der Waals surface area (Å²) in [6, 6.07) is 19.4. The highest BCUT2D eigenvalue weighted by molar-refractivity contribution is 7.91. The molecule has 0 atom stereocenters. The molecule has 0 unspecified atom stereocenters. The summed E-state index contributed by atoms with van der Waals surface area (Å²) in [4.78, 5) is 17.7. The molecule has 0 N–H and O–H groups in total. The van der Waals surface area contributed by atoms with Crippen LogP contribution in [0.25, 0.3) is 0 Å². The van der Waals surface area contributed by atoms with Crippen molar-refractivity contribution in [1.82, 2.24) is 9.29 Å². The van der Waals surface area contributed by atoms with Crippen LogP contribution in [0.5, 0.6) is 0 Å². The number of aryl methyl sites for hydroxylation is 2. The van der Waals surface area contributed by atoms with Crippen molar-refractivity contribution in [3.8, 4) is 0 Å². The molecule has 0 bridgehead atoms. The maximum Gasteiger partial charge on any atom is 0.306 e. The largest absolute Gasteiger partial charge is 0.306 e. The standard InChI is InChI=1S/C22H23N3O3S2/c1-17-21(20(26)13-12-18-8-4-2-5-9-18)29-22(23-17)25-15-14-24(30(25,27)28)16-19-10-6-3-7-11-19/h2-11H,12-16H2,1H3. The number of hydrogen-bond donors (Lipinski definition) is 0. The van der Waals surface area contributed by atoms with Crippen molar-refractivity contribution < 1.29 is 13.2 Å². The molecular weight excluding hydrogens is 418 g/mol. The molecule has 156 valence electrons. The Bertz CT molecular complexity index is 1130. The molecule has 4 rings (SSSR count). The van der Waals surface area contributed by atoms with Gasteiger partial charge in [-0.1, -0.05) is 72.0 Å². The summed E-state index contributed by atoms with van der Waals surface area (Å²) in [5, 5.41) is 0.367. The van der Waals surface area contributed by atoms with E-state index in [1.807, 2.05) is 60.7 Å². The number of benzene rings is 2. The van der Waals surface area contributed by atoms with E-state index in [9.17, 15) is 13.2 Å². The van der Waals surface area contributed by atoms with Gasteiger partial charge in [-0.25, -0.2) is 9.29 Å². The Kier molecular flexibility index (Phi) is 5.99. The Labute approximate surface area is 181 Å². The van der Waals surface area contributed by atoms with Crippen LogP contribution in [-0.4, -0.2) is 36.6 Å². The van der Waals surface area contributed by atoms with Gasteiger partial charge in [-0.15, -0.1) is 0 Å². The van der Waals surface area contributed by atoms with Gasteiger partial charge in [0.05, 0.1) is 17.1 Å². The molecule has 1 aliphatic rings. The maximum atomic E-state index is 13.0. The molecule has 0 radical (unpaired) electrons. The minimum atomic E-state index is -3.66. The average Bonchev–Trinajstić information content (AvgIpc) is 3.27. The molecule has 1 aliphatic heterocycles. The van der Waals surface area contributed by atoms with Gasteiger partial charge < -0.3 is 0 Å². The third kappa shape index (κ3) is 4.30. The molecule has 0 amide bonds. The van der Waals surface area contributed by atoms with Gasteiger partial charge in [0.1, 0.15) is 0 Å². The molecule has 8 heteroatoms. The molecule has 1 fully saturated rings. The average molecular weight is 442 g/mol. The summed E-state index contributed by atoms with van der Waals surface area (Å²) in [5.74, 6) is -0.00200. The van der Waals surface area contributed by atoms with Gasteiger partial charge in [0, 0.05) is 19.5 Å². The Morgan fingerprint density at radius 2 is 1.63 bits per heavy atom.